The molecule has 0 atom stereocenters. The number of hydrogen-bond acceptors (Lipinski definition) is 3. The van der Waals surface area contributed by atoms with Gasteiger partial charge in [0, 0.05) is 24.8 Å². The van der Waals surface area contributed by atoms with E-state index in [1.807, 2.05) is 20.9 Å². The number of amides is 1. The van der Waals surface area contributed by atoms with Crippen LogP contribution in [-0.4, -0.2) is 20.8 Å². The highest BCUT2D eigenvalue weighted by molar-refractivity contribution is 6.33. The Morgan fingerprint density at radius 2 is 2.15 bits per heavy atom. The number of aromatic hydroxyl groups is 1. The molecule has 1 amide bonds. The summed E-state index contributed by atoms with van der Waals surface area (Å²) in [7, 11) is 1.86. The summed E-state index contributed by atoms with van der Waals surface area (Å²) in [6.45, 7) is 4.22. The first-order valence-corrected chi connectivity index (χ1v) is 6.53. The van der Waals surface area contributed by atoms with Crippen molar-refractivity contribution in [2.75, 3.05) is 0 Å². The van der Waals surface area contributed by atoms with Crippen molar-refractivity contribution in [2.24, 2.45) is 7.05 Å². The number of phenolic OH excluding ortho intramolecular Hbond substituents is 1. The smallest absolute Gasteiger partial charge is 0.253 e. The molecule has 106 valence electrons. The molecule has 0 saturated heterocycles. The van der Waals surface area contributed by atoms with E-state index in [9.17, 15) is 9.90 Å². The van der Waals surface area contributed by atoms with Crippen molar-refractivity contribution >= 4 is 17.5 Å². The molecule has 2 rings (SSSR count). The van der Waals surface area contributed by atoms with Crippen LogP contribution in [0.5, 0.6) is 5.75 Å². The minimum absolute atomic E-state index is 0.00767. The number of benzene rings is 1. The molecule has 0 aliphatic rings. The first-order chi connectivity index (χ1) is 9.40. The van der Waals surface area contributed by atoms with Gasteiger partial charge in [-0.25, -0.2) is 0 Å². The number of halogens is 1. The molecule has 2 N–H and O–H groups in total. The Morgan fingerprint density at radius 1 is 1.45 bits per heavy atom. The Bertz CT molecular complexity index is 665. The first-order valence-electron chi connectivity index (χ1n) is 6.16. The van der Waals surface area contributed by atoms with E-state index in [4.69, 9.17) is 11.6 Å². The van der Waals surface area contributed by atoms with Gasteiger partial charge in [-0.05, 0) is 32.0 Å². The summed E-state index contributed by atoms with van der Waals surface area (Å²) >= 11 is 5.95. The van der Waals surface area contributed by atoms with Crippen molar-refractivity contribution in [3.63, 3.8) is 0 Å². The van der Waals surface area contributed by atoms with Gasteiger partial charge in [0.25, 0.3) is 5.91 Å². The minimum atomic E-state index is -0.325. The van der Waals surface area contributed by atoms with Gasteiger partial charge in [0.2, 0.25) is 0 Å². The van der Waals surface area contributed by atoms with Crippen LogP contribution in [0.3, 0.4) is 0 Å². The number of aromatic nitrogens is 2. The maximum atomic E-state index is 12.1. The summed E-state index contributed by atoms with van der Waals surface area (Å²) in [5.41, 5.74) is 3.13. The summed E-state index contributed by atoms with van der Waals surface area (Å²) in [6.07, 6.45) is 0. The molecular weight excluding hydrogens is 278 g/mol. The summed E-state index contributed by atoms with van der Waals surface area (Å²) in [5.74, 6) is -0.318. The Morgan fingerprint density at radius 3 is 2.75 bits per heavy atom. The molecule has 6 heteroatoms. The fourth-order valence-corrected chi connectivity index (χ4v) is 2.23. The molecule has 0 aliphatic carbocycles. The van der Waals surface area contributed by atoms with E-state index in [1.165, 1.54) is 18.2 Å². The topological polar surface area (TPSA) is 67.2 Å². The van der Waals surface area contributed by atoms with Gasteiger partial charge in [0.05, 0.1) is 16.3 Å². The van der Waals surface area contributed by atoms with E-state index in [1.54, 1.807) is 4.68 Å². The van der Waals surface area contributed by atoms with E-state index in [2.05, 4.69) is 10.4 Å². The van der Waals surface area contributed by atoms with Crippen molar-refractivity contribution in [1.82, 2.24) is 15.1 Å². The fraction of sp³-hybridized carbons (Fsp3) is 0.286. The zero-order chi connectivity index (χ0) is 14.9. The van der Waals surface area contributed by atoms with Crippen LogP contribution in [-0.2, 0) is 13.6 Å². The highest BCUT2D eigenvalue weighted by Crippen LogP contribution is 2.21. The molecular formula is C14H16ClN3O2. The van der Waals surface area contributed by atoms with E-state index >= 15 is 0 Å². The van der Waals surface area contributed by atoms with Crippen LogP contribution >= 0.6 is 11.6 Å². The van der Waals surface area contributed by atoms with Gasteiger partial charge in [-0.1, -0.05) is 11.6 Å². The molecule has 0 spiro atoms. The fourth-order valence-electron chi connectivity index (χ4n) is 2.02. The number of nitrogens with zero attached hydrogens (tertiary/aromatic N) is 2. The molecule has 1 aromatic heterocycles. The molecule has 20 heavy (non-hydrogen) atoms. The van der Waals surface area contributed by atoms with Crippen LogP contribution in [0, 0.1) is 13.8 Å². The Balaban J connectivity index is 2.15. The summed E-state index contributed by atoms with van der Waals surface area (Å²) < 4.78 is 1.78. The highest BCUT2D eigenvalue weighted by Gasteiger charge is 2.14. The molecule has 5 nitrogen and oxygen atoms in total. The van der Waals surface area contributed by atoms with Crippen molar-refractivity contribution in [3.05, 3.63) is 45.7 Å². The number of carbonyl (C=O) groups is 1. The van der Waals surface area contributed by atoms with Crippen LogP contribution in [0.25, 0.3) is 0 Å². The Hall–Kier alpha value is -2.01. The lowest BCUT2D eigenvalue weighted by Crippen LogP contribution is -2.23. The SMILES string of the molecule is Cc1nn(C)c(C)c1CNC(=O)c1cc(O)ccc1Cl. The van der Waals surface area contributed by atoms with Gasteiger partial charge in [0.1, 0.15) is 5.75 Å². The highest BCUT2D eigenvalue weighted by atomic mass is 35.5. The van der Waals surface area contributed by atoms with E-state index in [0.717, 1.165) is 17.0 Å². The van der Waals surface area contributed by atoms with Crippen LogP contribution in [0.1, 0.15) is 27.3 Å². The molecule has 0 aliphatic heterocycles. The Kier molecular flexibility index (Phi) is 3.99. The van der Waals surface area contributed by atoms with Gasteiger partial charge in [-0.15, -0.1) is 0 Å². The molecule has 0 radical (unpaired) electrons. The van der Waals surface area contributed by atoms with Gasteiger partial charge in [-0.2, -0.15) is 5.10 Å². The average Bonchev–Trinajstić information content (AvgIpc) is 2.64. The first kappa shape index (κ1) is 14.4. The maximum absolute atomic E-state index is 12.1. The summed E-state index contributed by atoms with van der Waals surface area (Å²) in [6, 6.07) is 4.28. The van der Waals surface area contributed by atoms with Crippen molar-refractivity contribution in [2.45, 2.75) is 20.4 Å². The third-order valence-electron chi connectivity index (χ3n) is 3.28. The third-order valence-corrected chi connectivity index (χ3v) is 3.61. The van der Waals surface area contributed by atoms with E-state index in [0.29, 0.717) is 11.6 Å². The number of aryl methyl sites for hydroxylation is 2. The van der Waals surface area contributed by atoms with Crippen molar-refractivity contribution in [3.8, 4) is 5.75 Å². The lowest BCUT2D eigenvalue weighted by molar-refractivity contribution is 0.0950. The standard InChI is InChI=1S/C14H16ClN3O2/c1-8-12(9(2)18(3)17-8)7-16-14(20)11-6-10(19)4-5-13(11)15/h4-6,19H,7H2,1-3H3,(H,16,20). The second-order valence-corrected chi connectivity index (χ2v) is 5.03. The van der Waals surface area contributed by atoms with Gasteiger partial charge in [-0.3, -0.25) is 9.48 Å². The van der Waals surface area contributed by atoms with Crippen LogP contribution < -0.4 is 5.32 Å². The summed E-state index contributed by atoms with van der Waals surface area (Å²) in [5, 5.41) is 16.8. The zero-order valence-corrected chi connectivity index (χ0v) is 12.3. The van der Waals surface area contributed by atoms with Crippen molar-refractivity contribution < 1.29 is 9.90 Å². The number of carbonyl (C=O) groups excluding carboxylic acids is 1. The molecule has 2 aromatic rings. The predicted molar refractivity (Wildman–Crippen MR) is 77.0 cm³/mol. The normalized spacial score (nSPS) is 10.6. The number of nitrogens with one attached hydrogen (secondary N) is 1. The molecule has 0 bridgehead atoms. The monoisotopic (exact) mass is 293 g/mol. The van der Waals surface area contributed by atoms with Gasteiger partial charge >= 0.3 is 0 Å². The lowest BCUT2D eigenvalue weighted by atomic mass is 10.1. The minimum Gasteiger partial charge on any atom is -0.508 e. The van der Waals surface area contributed by atoms with Gasteiger partial charge < -0.3 is 10.4 Å². The van der Waals surface area contributed by atoms with Crippen LogP contribution in [0.15, 0.2) is 18.2 Å². The average molecular weight is 294 g/mol. The second kappa shape index (κ2) is 5.54. The molecule has 1 aromatic carbocycles. The molecule has 1 heterocycles. The van der Waals surface area contributed by atoms with Gasteiger partial charge in [0.15, 0.2) is 0 Å². The largest absolute Gasteiger partial charge is 0.508 e. The quantitative estimate of drug-likeness (QED) is 0.913. The predicted octanol–water partition coefficient (Wildman–Crippen LogP) is 2.33. The van der Waals surface area contributed by atoms with Crippen molar-refractivity contribution in [1.29, 1.82) is 0 Å². The molecule has 0 unspecified atom stereocenters. The number of hydrogen-bond donors (Lipinski definition) is 2. The molecule has 0 saturated carbocycles. The Labute approximate surface area is 122 Å². The number of rotatable bonds is 3. The maximum Gasteiger partial charge on any atom is 0.253 e. The third kappa shape index (κ3) is 2.77. The summed E-state index contributed by atoms with van der Waals surface area (Å²) in [4.78, 5) is 12.1. The van der Waals surface area contributed by atoms with Crippen LogP contribution in [0.2, 0.25) is 5.02 Å². The van der Waals surface area contributed by atoms with E-state index in [-0.39, 0.29) is 17.2 Å². The van der Waals surface area contributed by atoms with Crippen LogP contribution in [0.4, 0.5) is 0 Å². The number of phenols is 1. The zero-order valence-electron chi connectivity index (χ0n) is 11.6. The lowest BCUT2D eigenvalue weighted by Gasteiger charge is -2.07. The van der Waals surface area contributed by atoms with E-state index < -0.39 is 0 Å². The molecule has 0 fully saturated rings. The second-order valence-electron chi connectivity index (χ2n) is 4.62.